The molecule has 0 spiro atoms. The first kappa shape index (κ1) is 18.1. The fourth-order valence-corrected chi connectivity index (χ4v) is 5.33. The van der Waals surface area contributed by atoms with E-state index in [0.717, 1.165) is 24.2 Å². The summed E-state index contributed by atoms with van der Waals surface area (Å²) < 4.78 is 44.7. The van der Waals surface area contributed by atoms with Crippen molar-refractivity contribution >= 4 is 10.0 Å². The molecule has 2 aliphatic rings. The van der Waals surface area contributed by atoms with E-state index in [-0.39, 0.29) is 10.9 Å². The molecule has 4 rings (SSSR count). The molecule has 2 aromatic carbocycles. The fraction of sp³-hybridized carbons (Fsp3) is 0.400. The van der Waals surface area contributed by atoms with E-state index in [1.165, 1.54) is 0 Å². The van der Waals surface area contributed by atoms with Crippen LogP contribution in [0.3, 0.4) is 0 Å². The quantitative estimate of drug-likeness (QED) is 0.784. The third-order valence-corrected chi connectivity index (χ3v) is 6.80. The number of hydrogen-bond acceptors (Lipinski definition) is 5. The van der Waals surface area contributed by atoms with E-state index in [9.17, 15) is 8.42 Å². The van der Waals surface area contributed by atoms with Gasteiger partial charge in [0, 0.05) is 12.6 Å². The summed E-state index contributed by atoms with van der Waals surface area (Å²) in [6.45, 7) is 3.95. The van der Waals surface area contributed by atoms with Crippen molar-refractivity contribution in [3.05, 3.63) is 48.0 Å². The zero-order chi connectivity index (χ0) is 18.9. The van der Waals surface area contributed by atoms with E-state index in [2.05, 4.69) is 0 Å². The summed E-state index contributed by atoms with van der Waals surface area (Å²) in [4.78, 5) is 0.240. The summed E-state index contributed by atoms with van der Waals surface area (Å²) in [6, 6.07) is 12.4. The zero-order valence-corrected chi connectivity index (χ0v) is 16.1. The number of ether oxygens (including phenoxy) is 3. The van der Waals surface area contributed by atoms with Crippen molar-refractivity contribution in [3.8, 4) is 17.2 Å². The minimum atomic E-state index is -3.62. The van der Waals surface area contributed by atoms with Crippen LogP contribution in [0.2, 0.25) is 0 Å². The molecular weight excluding hydrogens is 366 g/mol. The Balaban J connectivity index is 1.62. The molecule has 0 radical (unpaired) electrons. The predicted octanol–water partition coefficient (Wildman–Crippen LogP) is 3.38. The SMILES string of the molecule is CCOc1ccc(C2CCCN2S(=O)(=O)c2ccc3c(c2)OCCO3)cc1. The van der Waals surface area contributed by atoms with Crippen molar-refractivity contribution in [2.24, 2.45) is 0 Å². The molecule has 1 atom stereocenters. The largest absolute Gasteiger partial charge is 0.494 e. The number of nitrogens with zero attached hydrogens (tertiary/aromatic N) is 1. The highest BCUT2D eigenvalue weighted by Crippen LogP contribution is 2.39. The monoisotopic (exact) mass is 389 g/mol. The molecule has 1 fully saturated rings. The topological polar surface area (TPSA) is 65.1 Å². The lowest BCUT2D eigenvalue weighted by molar-refractivity contribution is 0.171. The predicted molar refractivity (Wildman–Crippen MR) is 101 cm³/mol. The van der Waals surface area contributed by atoms with Gasteiger partial charge in [-0.25, -0.2) is 8.42 Å². The maximum absolute atomic E-state index is 13.3. The Morgan fingerprint density at radius 2 is 1.81 bits per heavy atom. The van der Waals surface area contributed by atoms with Gasteiger partial charge < -0.3 is 14.2 Å². The van der Waals surface area contributed by atoms with Gasteiger partial charge in [-0.2, -0.15) is 4.31 Å². The van der Waals surface area contributed by atoms with Crippen molar-refractivity contribution in [2.75, 3.05) is 26.4 Å². The Bertz CT molecular complexity index is 910. The maximum Gasteiger partial charge on any atom is 0.243 e. The number of benzene rings is 2. The molecule has 144 valence electrons. The standard InChI is InChI=1S/C20H23NO5S/c1-2-24-16-7-5-15(6-8-16)18-4-3-11-21(18)27(22,23)17-9-10-19-20(14-17)26-13-12-25-19/h5-10,14,18H,2-4,11-13H2,1H3. The van der Waals surface area contributed by atoms with E-state index in [0.29, 0.717) is 37.9 Å². The van der Waals surface area contributed by atoms with Crippen LogP contribution in [0.4, 0.5) is 0 Å². The molecular formula is C20H23NO5S. The highest BCUT2D eigenvalue weighted by Gasteiger charge is 2.36. The zero-order valence-electron chi connectivity index (χ0n) is 15.3. The fourth-order valence-electron chi connectivity index (χ4n) is 3.63. The molecule has 0 bridgehead atoms. The lowest BCUT2D eigenvalue weighted by Gasteiger charge is -2.25. The van der Waals surface area contributed by atoms with E-state index in [4.69, 9.17) is 14.2 Å². The van der Waals surface area contributed by atoms with Gasteiger partial charge in [-0.3, -0.25) is 0 Å². The summed E-state index contributed by atoms with van der Waals surface area (Å²) >= 11 is 0. The average Bonchev–Trinajstić information content (AvgIpc) is 3.19. The molecule has 2 aromatic rings. The minimum absolute atomic E-state index is 0.168. The van der Waals surface area contributed by atoms with Crippen molar-refractivity contribution in [2.45, 2.75) is 30.7 Å². The van der Waals surface area contributed by atoms with E-state index >= 15 is 0 Å². The molecule has 1 saturated heterocycles. The molecule has 0 saturated carbocycles. The maximum atomic E-state index is 13.3. The summed E-state index contributed by atoms with van der Waals surface area (Å²) in [6.07, 6.45) is 1.64. The first-order valence-corrected chi connectivity index (χ1v) is 10.7. The third kappa shape index (κ3) is 3.49. The van der Waals surface area contributed by atoms with Gasteiger partial charge in [-0.1, -0.05) is 12.1 Å². The van der Waals surface area contributed by atoms with Crippen LogP contribution in [0, 0.1) is 0 Å². The van der Waals surface area contributed by atoms with Crippen LogP contribution in [-0.4, -0.2) is 39.1 Å². The molecule has 0 aliphatic carbocycles. The molecule has 0 N–H and O–H groups in total. The van der Waals surface area contributed by atoms with Crippen LogP contribution in [0.15, 0.2) is 47.4 Å². The van der Waals surface area contributed by atoms with Gasteiger partial charge in [-0.15, -0.1) is 0 Å². The minimum Gasteiger partial charge on any atom is -0.494 e. The van der Waals surface area contributed by atoms with E-state index in [1.807, 2.05) is 31.2 Å². The van der Waals surface area contributed by atoms with Crippen molar-refractivity contribution in [1.29, 1.82) is 0 Å². The second kappa shape index (κ2) is 7.40. The van der Waals surface area contributed by atoms with Crippen LogP contribution < -0.4 is 14.2 Å². The molecule has 0 aromatic heterocycles. The van der Waals surface area contributed by atoms with Crippen molar-refractivity contribution in [1.82, 2.24) is 4.31 Å². The molecule has 6 nitrogen and oxygen atoms in total. The molecule has 1 unspecified atom stereocenters. The van der Waals surface area contributed by atoms with Crippen molar-refractivity contribution < 1.29 is 22.6 Å². The molecule has 2 aliphatic heterocycles. The number of sulfonamides is 1. The second-order valence-corrected chi connectivity index (χ2v) is 8.47. The van der Waals surface area contributed by atoms with Gasteiger partial charge in [0.25, 0.3) is 0 Å². The van der Waals surface area contributed by atoms with Crippen LogP contribution in [-0.2, 0) is 10.0 Å². The summed E-state index contributed by atoms with van der Waals surface area (Å²) in [5, 5.41) is 0. The normalized spacial score (nSPS) is 19.8. The Morgan fingerprint density at radius 3 is 2.56 bits per heavy atom. The Hall–Kier alpha value is -2.25. The third-order valence-electron chi connectivity index (χ3n) is 4.90. The lowest BCUT2D eigenvalue weighted by atomic mass is 10.1. The van der Waals surface area contributed by atoms with Gasteiger partial charge in [0.15, 0.2) is 11.5 Å². The summed E-state index contributed by atoms with van der Waals surface area (Å²) in [7, 11) is -3.62. The van der Waals surface area contributed by atoms with Crippen LogP contribution in [0.25, 0.3) is 0 Å². The summed E-state index contributed by atoms with van der Waals surface area (Å²) in [5.74, 6) is 1.87. The van der Waals surface area contributed by atoms with Gasteiger partial charge in [0.1, 0.15) is 19.0 Å². The highest BCUT2D eigenvalue weighted by molar-refractivity contribution is 7.89. The molecule has 27 heavy (non-hydrogen) atoms. The second-order valence-electron chi connectivity index (χ2n) is 6.58. The Labute approximate surface area is 159 Å². The number of fused-ring (bicyclic) bond motifs is 1. The molecule has 2 heterocycles. The van der Waals surface area contributed by atoms with Crippen LogP contribution >= 0.6 is 0 Å². The van der Waals surface area contributed by atoms with Gasteiger partial charge in [0.2, 0.25) is 10.0 Å². The summed E-state index contributed by atoms with van der Waals surface area (Å²) in [5.41, 5.74) is 0.983. The first-order valence-electron chi connectivity index (χ1n) is 9.24. The Morgan fingerprint density at radius 1 is 1.07 bits per heavy atom. The van der Waals surface area contributed by atoms with Gasteiger partial charge in [0.05, 0.1) is 17.5 Å². The van der Waals surface area contributed by atoms with E-state index < -0.39 is 10.0 Å². The smallest absolute Gasteiger partial charge is 0.243 e. The highest BCUT2D eigenvalue weighted by atomic mass is 32.2. The molecule has 7 heteroatoms. The average molecular weight is 389 g/mol. The van der Waals surface area contributed by atoms with Gasteiger partial charge in [-0.05, 0) is 49.6 Å². The molecule has 0 amide bonds. The van der Waals surface area contributed by atoms with Gasteiger partial charge >= 0.3 is 0 Å². The van der Waals surface area contributed by atoms with Crippen LogP contribution in [0.1, 0.15) is 31.4 Å². The number of hydrogen-bond donors (Lipinski definition) is 0. The van der Waals surface area contributed by atoms with Crippen LogP contribution in [0.5, 0.6) is 17.2 Å². The lowest BCUT2D eigenvalue weighted by Crippen LogP contribution is -2.30. The van der Waals surface area contributed by atoms with E-state index in [1.54, 1.807) is 22.5 Å². The Kier molecular flexibility index (Phi) is 4.97. The first-order chi connectivity index (χ1) is 13.1. The number of rotatable bonds is 5. The van der Waals surface area contributed by atoms with Crippen molar-refractivity contribution in [3.63, 3.8) is 0 Å².